The van der Waals surface area contributed by atoms with Crippen LogP contribution in [-0.4, -0.2) is 64.3 Å². The maximum atomic E-state index is 12.0. The lowest BCUT2D eigenvalue weighted by Crippen LogP contribution is -2.46. The van der Waals surface area contributed by atoms with Gasteiger partial charge in [0.1, 0.15) is 12.7 Å². The number of hydrogen-bond acceptors (Lipinski definition) is 5. The van der Waals surface area contributed by atoms with Gasteiger partial charge in [-0.2, -0.15) is 5.10 Å². The predicted molar refractivity (Wildman–Crippen MR) is 97.7 cm³/mol. The van der Waals surface area contributed by atoms with E-state index in [0.717, 1.165) is 52.1 Å². The molecule has 2 atom stereocenters. The van der Waals surface area contributed by atoms with E-state index in [1.54, 1.807) is 12.7 Å². The number of amides is 1. The molecule has 2 aliphatic rings. The van der Waals surface area contributed by atoms with Crippen LogP contribution in [0.1, 0.15) is 25.7 Å². The van der Waals surface area contributed by atoms with Crippen molar-refractivity contribution in [3.63, 3.8) is 0 Å². The van der Waals surface area contributed by atoms with Crippen molar-refractivity contribution >= 4 is 30.7 Å². The lowest BCUT2D eigenvalue weighted by atomic mass is 9.98. The largest absolute Gasteiger partial charge is 0.354 e. The van der Waals surface area contributed by atoms with E-state index < -0.39 is 0 Å². The number of likely N-dealkylation sites (tertiary alicyclic amines) is 1. The summed E-state index contributed by atoms with van der Waals surface area (Å²) in [6.45, 7) is 5.86. The Bertz CT molecular complexity index is 467. The van der Waals surface area contributed by atoms with Gasteiger partial charge in [-0.3, -0.25) is 9.48 Å². The smallest absolute Gasteiger partial charge is 0.237 e. The third kappa shape index (κ3) is 6.20. The zero-order valence-electron chi connectivity index (χ0n) is 13.9. The fraction of sp³-hybridized carbons (Fsp3) is 0.800. The Labute approximate surface area is 155 Å². The summed E-state index contributed by atoms with van der Waals surface area (Å²) in [4.78, 5) is 18.5. The van der Waals surface area contributed by atoms with Crippen LogP contribution >= 0.6 is 24.8 Å². The highest BCUT2D eigenvalue weighted by atomic mass is 35.5. The highest BCUT2D eigenvalue weighted by molar-refractivity contribution is 5.85. The number of carbonyl (C=O) groups is 1. The third-order valence-corrected chi connectivity index (χ3v) is 4.66. The maximum Gasteiger partial charge on any atom is 0.237 e. The van der Waals surface area contributed by atoms with E-state index >= 15 is 0 Å². The second-order valence-corrected chi connectivity index (χ2v) is 6.36. The van der Waals surface area contributed by atoms with Gasteiger partial charge in [0, 0.05) is 19.6 Å². The van der Waals surface area contributed by atoms with E-state index in [-0.39, 0.29) is 36.8 Å². The number of nitrogens with one attached hydrogen (secondary N) is 2. The van der Waals surface area contributed by atoms with Crippen molar-refractivity contribution in [1.82, 2.24) is 30.3 Å². The average Bonchev–Trinajstić information content (AvgIpc) is 3.24. The van der Waals surface area contributed by atoms with Crippen LogP contribution in [-0.2, 0) is 11.3 Å². The minimum absolute atomic E-state index is 0. The van der Waals surface area contributed by atoms with Crippen molar-refractivity contribution in [3.05, 3.63) is 12.7 Å². The Hall–Kier alpha value is -0.890. The first-order valence-corrected chi connectivity index (χ1v) is 8.37. The van der Waals surface area contributed by atoms with Crippen molar-refractivity contribution in [3.8, 4) is 0 Å². The highest BCUT2D eigenvalue weighted by Crippen LogP contribution is 2.16. The average molecular weight is 379 g/mol. The molecule has 0 spiro atoms. The molecule has 2 N–H and O–H groups in total. The Morgan fingerprint density at radius 3 is 2.83 bits per heavy atom. The molecule has 2 aliphatic heterocycles. The second kappa shape index (κ2) is 10.9. The van der Waals surface area contributed by atoms with Gasteiger partial charge >= 0.3 is 0 Å². The van der Waals surface area contributed by atoms with Crippen LogP contribution in [0.4, 0.5) is 0 Å². The summed E-state index contributed by atoms with van der Waals surface area (Å²) in [5.74, 6) is 0.743. The standard InChI is InChI=1S/C15H26N6O.2ClH/c22-15(14-4-1-5-17-14)18-9-13-3-2-6-20(10-13)7-8-21-12-16-11-19-21;;/h11-14,17H,1-10H2,(H,18,22);2*1H. The molecule has 0 aliphatic carbocycles. The number of aromatic nitrogens is 3. The minimum Gasteiger partial charge on any atom is -0.354 e. The lowest BCUT2D eigenvalue weighted by molar-refractivity contribution is -0.123. The monoisotopic (exact) mass is 378 g/mol. The molecule has 0 radical (unpaired) electrons. The quantitative estimate of drug-likeness (QED) is 0.761. The molecular formula is C15H28Cl2N6O. The number of nitrogens with zero attached hydrogens (tertiary/aromatic N) is 4. The summed E-state index contributed by atoms with van der Waals surface area (Å²) in [6, 6.07) is 0.0343. The molecule has 1 amide bonds. The molecule has 2 fully saturated rings. The van der Waals surface area contributed by atoms with Crippen LogP contribution in [0.2, 0.25) is 0 Å². The van der Waals surface area contributed by atoms with E-state index in [9.17, 15) is 4.79 Å². The van der Waals surface area contributed by atoms with Crippen LogP contribution in [0.3, 0.4) is 0 Å². The second-order valence-electron chi connectivity index (χ2n) is 6.36. The predicted octanol–water partition coefficient (Wildman–Crippen LogP) is 0.702. The first-order chi connectivity index (χ1) is 10.8. The molecule has 9 heteroatoms. The molecule has 0 saturated carbocycles. The van der Waals surface area contributed by atoms with Gasteiger partial charge in [-0.05, 0) is 44.7 Å². The van der Waals surface area contributed by atoms with E-state index in [2.05, 4.69) is 25.6 Å². The Balaban J connectivity index is 0.00000144. The Morgan fingerprint density at radius 2 is 2.12 bits per heavy atom. The molecule has 2 unspecified atom stereocenters. The molecule has 3 rings (SSSR count). The van der Waals surface area contributed by atoms with Crippen molar-refractivity contribution < 1.29 is 4.79 Å². The first-order valence-electron chi connectivity index (χ1n) is 8.37. The van der Waals surface area contributed by atoms with E-state index in [4.69, 9.17) is 0 Å². The molecule has 0 aromatic carbocycles. The molecule has 3 heterocycles. The van der Waals surface area contributed by atoms with Gasteiger partial charge in [-0.25, -0.2) is 4.98 Å². The van der Waals surface area contributed by atoms with Crippen LogP contribution in [0.15, 0.2) is 12.7 Å². The first kappa shape index (κ1) is 21.2. The van der Waals surface area contributed by atoms with Crippen molar-refractivity contribution in [2.75, 3.05) is 32.7 Å². The summed E-state index contributed by atoms with van der Waals surface area (Å²) >= 11 is 0. The van der Waals surface area contributed by atoms with Gasteiger partial charge in [0.25, 0.3) is 0 Å². The summed E-state index contributed by atoms with van der Waals surface area (Å²) < 4.78 is 1.87. The van der Waals surface area contributed by atoms with Crippen LogP contribution in [0, 0.1) is 5.92 Å². The maximum absolute atomic E-state index is 12.0. The van der Waals surface area contributed by atoms with Gasteiger partial charge in [0.15, 0.2) is 0 Å². The van der Waals surface area contributed by atoms with E-state index in [1.165, 1.54) is 12.8 Å². The molecule has 24 heavy (non-hydrogen) atoms. The van der Waals surface area contributed by atoms with Crippen LogP contribution < -0.4 is 10.6 Å². The summed E-state index contributed by atoms with van der Waals surface area (Å²) in [5.41, 5.74) is 0. The van der Waals surface area contributed by atoms with Gasteiger partial charge in [-0.15, -0.1) is 24.8 Å². The van der Waals surface area contributed by atoms with Gasteiger partial charge in [0.2, 0.25) is 5.91 Å². The molecular weight excluding hydrogens is 351 g/mol. The molecule has 7 nitrogen and oxygen atoms in total. The fourth-order valence-corrected chi connectivity index (χ4v) is 3.39. The number of carbonyl (C=O) groups excluding carboxylic acids is 1. The molecule has 1 aromatic rings. The number of rotatable bonds is 6. The molecule has 1 aromatic heterocycles. The normalized spacial score (nSPS) is 24.0. The SMILES string of the molecule is Cl.Cl.O=C(NCC1CCCN(CCn2cncn2)C1)C1CCCN1. The topological polar surface area (TPSA) is 75.1 Å². The lowest BCUT2D eigenvalue weighted by Gasteiger charge is -2.32. The summed E-state index contributed by atoms with van der Waals surface area (Å²) in [5, 5.41) is 10.5. The van der Waals surface area contributed by atoms with E-state index in [1.807, 2.05) is 4.68 Å². The molecule has 2 saturated heterocycles. The Morgan fingerprint density at radius 1 is 1.25 bits per heavy atom. The number of halogens is 2. The zero-order valence-corrected chi connectivity index (χ0v) is 15.5. The van der Waals surface area contributed by atoms with Crippen molar-refractivity contribution in [2.45, 2.75) is 38.3 Å². The summed E-state index contributed by atoms with van der Waals surface area (Å²) in [7, 11) is 0. The third-order valence-electron chi connectivity index (χ3n) is 4.66. The van der Waals surface area contributed by atoms with Crippen molar-refractivity contribution in [2.24, 2.45) is 5.92 Å². The number of piperidine rings is 1. The summed E-state index contributed by atoms with van der Waals surface area (Å²) in [6.07, 6.45) is 7.83. The molecule has 138 valence electrons. The van der Waals surface area contributed by atoms with Gasteiger partial charge in [-0.1, -0.05) is 0 Å². The van der Waals surface area contributed by atoms with Crippen molar-refractivity contribution in [1.29, 1.82) is 0 Å². The number of hydrogen-bond donors (Lipinski definition) is 2. The molecule has 0 bridgehead atoms. The Kier molecular flexibility index (Phi) is 9.58. The van der Waals surface area contributed by atoms with Crippen LogP contribution in [0.25, 0.3) is 0 Å². The van der Waals surface area contributed by atoms with E-state index in [0.29, 0.717) is 5.92 Å². The fourth-order valence-electron chi connectivity index (χ4n) is 3.39. The minimum atomic E-state index is 0. The van der Waals surface area contributed by atoms with Crippen LogP contribution in [0.5, 0.6) is 0 Å². The van der Waals surface area contributed by atoms with Gasteiger partial charge < -0.3 is 15.5 Å². The van der Waals surface area contributed by atoms with Gasteiger partial charge in [0.05, 0.1) is 12.6 Å². The zero-order chi connectivity index (χ0) is 15.2. The highest BCUT2D eigenvalue weighted by Gasteiger charge is 2.24.